The summed E-state index contributed by atoms with van der Waals surface area (Å²) in [6, 6.07) is 13.5. The van der Waals surface area contributed by atoms with Crippen molar-refractivity contribution in [1.82, 2.24) is 4.90 Å². The van der Waals surface area contributed by atoms with E-state index in [1.807, 2.05) is 0 Å². The van der Waals surface area contributed by atoms with Crippen LogP contribution in [0, 0.1) is 5.82 Å². The van der Waals surface area contributed by atoms with Crippen molar-refractivity contribution in [1.29, 1.82) is 0 Å². The lowest BCUT2D eigenvalue weighted by Crippen LogP contribution is -2.34. The number of hydrogen-bond acceptors (Lipinski definition) is 3. The second kappa shape index (κ2) is 6.91. The highest BCUT2D eigenvalue weighted by atomic mass is 32.2. The minimum Gasteiger partial charge on any atom is -0.497 e. The molecule has 2 aromatic carbocycles. The summed E-state index contributed by atoms with van der Waals surface area (Å²) < 4.78 is 19.1. The largest absolute Gasteiger partial charge is 0.497 e. The average Bonchev–Trinajstić information content (AvgIpc) is 3.05. The Balaban J connectivity index is 1.74. The maximum Gasteiger partial charge on any atom is 0.323 e. The molecule has 0 aliphatic carbocycles. The Morgan fingerprint density at radius 2 is 2.00 bits per heavy atom. The number of urea groups is 1. The Morgan fingerprint density at radius 3 is 2.70 bits per heavy atom. The number of rotatable bonds is 3. The summed E-state index contributed by atoms with van der Waals surface area (Å²) in [5.41, 5.74) is 1.22. The molecule has 0 saturated carbocycles. The zero-order chi connectivity index (χ0) is 16.2. The highest BCUT2D eigenvalue weighted by Gasteiger charge is 2.32. The van der Waals surface area contributed by atoms with Gasteiger partial charge in [-0.05, 0) is 30.3 Å². The van der Waals surface area contributed by atoms with Crippen LogP contribution >= 0.6 is 11.8 Å². The van der Waals surface area contributed by atoms with Crippen LogP contribution in [-0.2, 0) is 0 Å². The first-order valence-electron chi connectivity index (χ1n) is 7.27. The van der Waals surface area contributed by atoms with Gasteiger partial charge in [0.25, 0.3) is 0 Å². The smallest absolute Gasteiger partial charge is 0.323 e. The van der Waals surface area contributed by atoms with Gasteiger partial charge < -0.3 is 15.0 Å². The summed E-state index contributed by atoms with van der Waals surface area (Å²) in [6.07, 6.45) is 0. The normalized spacial score (nSPS) is 17.1. The fraction of sp³-hybridized carbons (Fsp3) is 0.235. The van der Waals surface area contributed by atoms with Gasteiger partial charge in [0.05, 0.1) is 7.11 Å². The van der Waals surface area contributed by atoms with Crippen molar-refractivity contribution < 1.29 is 13.9 Å². The van der Waals surface area contributed by atoms with Gasteiger partial charge in [-0.25, -0.2) is 9.18 Å². The molecular formula is C17H17FN2O2S. The van der Waals surface area contributed by atoms with Crippen molar-refractivity contribution >= 4 is 23.5 Å². The second-order valence-corrected chi connectivity index (χ2v) is 6.28. The first-order chi connectivity index (χ1) is 11.2. The van der Waals surface area contributed by atoms with Gasteiger partial charge in [0.1, 0.15) is 16.9 Å². The van der Waals surface area contributed by atoms with E-state index in [1.165, 1.54) is 6.07 Å². The van der Waals surface area contributed by atoms with Crippen LogP contribution in [0.4, 0.5) is 14.9 Å². The molecule has 1 heterocycles. The number of anilines is 1. The first-order valence-corrected chi connectivity index (χ1v) is 8.31. The molecule has 1 atom stereocenters. The van der Waals surface area contributed by atoms with E-state index >= 15 is 0 Å². The van der Waals surface area contributed by atoms with Gasteiger partial charge in [0.2, 0.25) is 0 Å². The SMILES string of the molecule is COc1ccc(NC(=O)N2CCS[C@@H]2c2ccccc2F)cc1. The van der Waals surface area contributed by atoms with Crippen molar-refractivity contribution in [3.8, 4) is 5.75 Å². The van der Waals surface area contributed by atoms with Crippen LogP contribution in [0.15, 0.2) is 48.5 Å². The number of carbonyl (C=O) groups is 1. The lowest BCUT2D eigenvalue weighted by molar-refractivity contribution is 0.213. The van der Waals surface area contributed by atoms with Crippen LogP contribution in [0.1, 0.15) is 10.9 Å². The molecule has 0 unspecified atom stereocenters. The fourth-order valence-corrected chi connectivity index (χ4v) is 3.76. The van der Waals surface area contributed by atoms with E-state index in [0.717, 1.165) is 11.5 Å². The van der Waals surface area contributed by atoms with Crippen molar-refractivity contribution in [2.75, 3.05) is 24.7 Å². The van der Waals surface area contributed by atoms with Gasteiger partial charge in [0, 0.05) is 23.5 Å². The standard InChI is InChI=1S/C17H17FN2O2S/c1-22-13-8-6-12(7-9-13)19-17(21)20-10-11-23-16(20)14-4-2-3-5-15(14)18/h2-9,16H,10-11H2,1H3,(H,19,21)/t16-/m1/s1. The van der Waals surface area contributed by atoms with Gasteiger partial charge in [-0.3, -0.25) is 0 Å². The van der Waals surface area contributed by atoms with Crippen molar-refractivity contribution in [3.63, 3.8) is 0 Å². The number of thioether (sulfide) groups is 1. The third-order valence-electron chi connectivity index (χ3n) is 3.66. The van der Waals surface area contributed by atoms with Gasteiger partial charge in [-0.2, -0.15) is 0 Å². The van der Waals surface area contributed by atoms with Crippen molar-refractivity contribution in [2.45, 2.75) is 5.37 Å². The van der Waals surface area contributed by atoms with Crippen LogP contribution in [0.3, 0.4) is 0 Å². The van der Waals surface area contributed by atoms with Gasteiger partial charge in [-0.15, -0.1) is 11.8 Å². The van der Waals surface area contributed by atoms with Crippen LogP contribution < -0.4 is 10.1 Å². The third kappa shape index (κ3) is 3.42. The Morgan fingerprint density at radius 1 is 1.26 bits per heavy atom. The number of nitrogens with zero attached hydrogens (tertiary/aromatic N) is 1. The highest BCUT2D eigenvalue weighted by Crippen LogP contribution is 2.39. The lowest BCUT2D eigenvalue weighted by atomic mass is 10.2. The average molecular weight is 332 g/mol. The minimum absolute atomic E-state index is 0.228. The quantitative estimate of drug-likeness (QED) is 0.919. The maximum absolute atomic E-state index is 14.0. The summed E-state index contributed by atoms with van der Waals surface area (Å²) in [7, 11) is 1.59. The predicted molar refractivity (Wildman–Crippen MR) is 90.3 cm³/mol. The molecule has 0 spiro atoms. The number of ether oxygens (including phenoxy) is 1. The Bertz CT molecular complexity index is 693. The molecule has 1 saturated heterocycles. The monoisotopic (exact) mass is 332 g/mol. The second-order valence-electron chi connectivity index (χ2n) is 5.10. The zero-order valence-electron chi connectivity index (χ0n) is 12.7. The lowest BCUT2D eigenvalue weighted by Gasteiger charge is -2.24. The molecule has 1 aliphatic heterocycles. The number of amides is 2. The molecule has 1 aliphatic rings. The molecule has 0 aromatic heterocycles. The van der Waals surface area contributed by atoms with Gasteiger partial charge in [-0.1, -0.05) is 18.2 Å². The highest BCUT2D eigenvalue weighted by molar-refractivity contribution is 7.99. The Labute approximate surface area is 138 Å². The molecule has 120 valence electrons. The molecule has 0 bridgehead atoms. The number of nitrogens with one attached hydrogen (secondary N) is 1. The molecule has 6 heteroatoms. The summed E-state index contributed by atoms with van der Waals surface area (Å²) >= 11 is 1.57. The topological polar surface area (TPSA) is 41.6 Å². The summed E-state index contributed by atoms with van der Waals surface area (Å²) in [5, 5.41) is 2.55. The van der Waals surface area contributed by atoms with E-state index in [1.54, 1.807) is 66.2 Å². The van der Waals surface area contributed by atoms with Crippen molar-refractivity contribution in [2.24, 2.45) is 0 Å². The van der Waals surface area contributed by atoms with E-state index in [9.17, 15) is 9.18 Å². The van der Waals surface area contributed by atoms with Crippen LogP contribution in [0.2, 0.25) is 0 Å². The third-order valence-corrected chi connectivity index (χ3v) is 4.91. The van der Waals surface area contributed by atoms with Crippen molar-refractivity contribution in [3.05, 3.63) is 59.9 Å². The summed E-state index contributed by atoms with van der Waals surface area (Å²) in [4.78, 5) is 14.2. The molecule has 1 N–H and O–H groups in total. The van der Waals surface area contributed by atoms with Crippen LogP contribution in [0.5, 0.6) is 5.75 Å². The van der Waals surface area contributed by atoms with E-state index in [-0.39, 0.29) is 17.2 Å². The van der Waals surface area contributed by atoms with Crippen LogP contribution in [-0.4, -0.2) is 30.3 Å². The maximum atomic E-state index is 14.0. The number of benzene rings is 2. The molecule has 2 aromatic rings. The number of carbonyl (C=O) groups excluding carboxylic acids is 1. The number of hydrogen-bond donors (Lipinski definition) is 1. The molecular weight excluding hydrogens is 315 g/mol. The van der Waals surface area contributed by atoms with E-state index < -0.39 is 0 Å². The Kier molecular flexibility index (Phi) is 4.71. The molecule has 3 rings (SSSR count). The molecule has 1 fully saturated rings. The van der Waals surface area contributed by atoms with E-state index in [0.29, 0.717) is 17.8 Å². The summed E-state index contributed by atoms with van der Waals surface area (Å²) in [5.74, 6) is 1.23. The molecule has 4 nitrogen and oxygen atoms in total. The predicted octanol–water partition coefficient (Wildman–Crippen LogP) is 4.11. The zero-order valence-corrected chi connectivity index (χ0v) is 13.5. The van der Waals surface area contributed by atoms with Gasteiger partial charge in [0.15, 0.2) is 0 Å². The number of halogens is 1. The Hall–Kier alpha value is -2.21. The summed E-state index contributed by atoms with van der Waals surface area (Å²) in [6.45, 7) is 0.589. The minimum atomic E-state index is -0.297. The molecule has 23 heavy (non-hydrogen) atoms. The fourth-order valence-electron chi connectivity index (χ4n) is 2.48. The first kappa shape index (κ1) is 15.7. The van der Waals surface area contributed by atoms with Crippen LogP contribution in [0.25, 0.3) is 0 Å². The molecule has 2 amide bonds. The molecule has 0 radical (unpaired) electrons. The van der Waals surface area contributed by atoms with E-state index in [2.05, 4.69) is 5.32 Å². The van der Waals surface area contributed by atoms with E-state index in [4.69, 9.17) is 4.74 Å². The van der Waals surface area contributed by atoms with Gasteiger partial charge >= 0.3 is 6.03 Å². The number of methoxy groups -OCH3 is 1.